The second kappa shape index (κ2) is 30.8. The highest BCUT2D eigenvalue weighted by molar-refractivity contribution is 5.75. The second-order valence-electron chi connectivity index (χ2n) is 19.1. The monoisotopic (exact) mass is 1020 g/mol. The third kappa shape index (κ3) is 19.8. The van der Waals surface area contributed by atoms with E-state index in [0.717, 1.165) is 59.2 Å². The summed E-state index contributed by atoms with van der Waals surface area (Å²) in [5, 5.41) is 0. The summed E-state index contributed by atoms with van der Waals surface area (Å²) in [4.78, 5) is 28.1. The SMILES string of the molecule is CC1CCC1.Cc1ccc2c(c1)C=CC2.Cc1ccc2c(c1)N=CC2.Cc1ccccc1.Cc1cccnc1.Cc1ccnc2c1OCO2.Cc1cnc2c(c1)C=CC2.Cc1cnc2c(c1)OCO2.Cc1cnccn1. The fraction of sp³-hybridized carbons (Fsp3) is 0.277. The first-order chi connectivity index (χ1) is 36.9. The number of pyridine rings is 4. The van der Waals surface area contributed by atoms with E-state index in [9.17, 15) is 0 Å². The van der Waals surface area contributed by atoms with Gasteiger partial charge in [-0.15, -0.1) is 0 Å². The van der Waals surface area contributed by atoms with E-state index in [-0.39, 0.29) is 0 Å². The lowest BCUT2D eigenvalue weighted by Gasteiger charge is -2.18. The maximum atomic E-state index is 5.14. The van der Waals surface area contributed by atoms with Crippen molar-refractivity contribution in [2.45, 2.75) is 101 Å². The molecule has 76 heavy (non-hydrogen) atoms. The Morgan fingerprint density at radius 3 is 1.79 bits per heavy atom. The normalized spacial score (nSPS) is 13.1. The highest BCUT2D eigenvalue weighted by Crippen LogP contribution is 2.32. The van der Waals surface area contributed by atoms with Gasteiger partial charge in [0.1, 0.15) is 0 Å². The number of hydrogen-bond acceptors (Lipinski definition) is 11. The molecule has 0 saturated heterocycles. The molecule has 0 amide bonds. The molecule has 8 aromatic rings. The predicted octanol–water partition coefficient (Wildman–Crippen LogP) is 15.0. The molecule has 0 atom stereocenters. The van der Waals surface area contributed by atoms with Gasteiger partial charge in [0, 0.05) is 68.6 Å². The minimum Gasteiger partial charge on any atom is -0.452 e. The van der Waals surface area contributed by atoms with Crippen LogP contribution in [0.3, 0.4) is 0 Å². The van der Waals surface area contributed by atoms with E-state index >= 15 is 0 Å². The lowest BCUT2D eigenvalue weighted by Crippen LogP contribution is -2.04. The number of hydrogen-bond donors (Lipinski definition) is 0. The molecule has 0 unspecified atom stereocenters. The molecular formula is C65H73N7O4. The highest BCUT2D eigenvalue weighted by Gasteiger charge is 2.16. The van der Waals surface area contributed by atoms with Crippen LogP contribution in [-0.2, 0) is 19.3 Å². The van der Waals surface area contributed by atoms with E-state index in [1.54, 1.807) is 37.2 Å². The summed E-state index contributed by atoms with van der Waals surface area (Å²) >= 11 is 0. The Bertz CT molecular complexity index is 2860. The minimum atomic E-state index is 0.297. The summed E-state index contributed by atoms with van der Waals surface area (Å²) in [6.07, 6.45) is 32.3. The van der Waals surface area contributed by atoms with Crippen LogP contribution >= 0.6 is 0 Å². The van der Waals surface area contributed by atoms with Gasteiger partial charge in [-0.2, -0.15) is 0 Å². The van der Waals surface area contributed by atoms with Crippen LogP contribution in [0.4, 0.5) is 5.69 Å². The van der Waals surface area contributed by atoms with Crippen LogP contribution in [0.5, 0.6) is 23.3 Å². The molecule has 3 aromatic carbocycles. The van der Waals surface area contributed by atoms with Gasteiger partial charge < -0.3 is 18.9 Å². The van der Waals surface area contributed by atoms with E-state index in [1.165, 1.54) is 75.0 Å². The zero-order chi connectivity index (χ0) is 53.9. The van der Waals surface area contributed by atoms with Crippen LogP contribution in [-0.4, -0.2) is 49.7 Å². The van der Waals surface area contributed by atoms with E-state index in [4.69, 9.17) is 18.9 Å². The Labute approximate surface area is 451 Å². The van der Waals surface area contributed by atoms with Crippen molar-refractivity contribution < 1.29 is 18.9 Å². The summed E-state index contributed by atoms with van der Waals surface area (Å²) in [6, 6.07) is 33.2. The summed E-state index contributed by atoms with van der Waals surface area (Å²) in [5.74, 6) is 3.81. The molecule has 0 radical (unpaired) electrons. The molecule has 11 heteroatoms. The molecule has 0 bridgehead atoms. The molecule has 0 N–H and O–H groups in total. The van der Waals surface area contributed by atoms with E-state index in [0.29, 0.717) is 25.3 Å². The van der Waals surface area contributed by atoms with Gasteiger partial charge in [0.15, 0.2) is 11.5 Å². The Balaban J connectivity index is 0.000000140. The van der Waals surface area contributed by atoms with Crippen molar-refractivity contribution in [2.24, 2.45) is 10.9 Å². The van der Waals surface area contributed by atoms with Crippen molar-refractivity contribution in [3.63, 3.8) is 0 Å². The topological polar surface area (TPSA) is 127 Å². The number of nitrogens with zero attached hydrogens (tertiary/aromatic N) is 7. The van der Waals surface area contributed by atoms with Crippen molar-refractivity contribution in [3.05, 3.63) is 231 Å². The molecule has 6 aliphatic rings. The largest absolute Gasteiger partial charge is 0.452 e. The quantitative estimate of drug-likeness (QED) is 0.145. The Hall–Kier alpha value is -8.31. The lowest BCUT2D eigenvalue weighted by molar-refractivity contribution is 0.170. The summed E-state index contributed by atoms with van der Waals surface area (Å²) < 4.78 is 20.3. The lowest BCUT2D eigenvalue weighted by atomic mass is 9.88. The van der Waals surface area contributed by atoms with Gasteiger partial charge in [0.2, 0.25) is 13.6 Å². The Morgan fingerprint density at radius 2 is 1.14 bits per heavy atom. The van der Waals surface area contributed by atoms with E-state index in [2.05, 4.69) is 148 Å². The molecule has 11 nitrogen and oxygen atoms in total. The standard InChI is InChI=1S/C10H10.2C9H9N.2C7H7NO2.C7H8.C6H7N.C5H6N2.C5H10/c1-8-5-6-9-3-2-4-10(9)7-8;1-7-2-3-8-4-5-10-9(8)6-7;1-7-5-8-3-2-4-9(8)10-6-7;1-5-2-6-7(8-3-5)10-4-9-6;1-5-2-3-8-7-6(5)9-4-10-7;1-7-5-3-2-4-6-7;1-6-3-2-4-7-5-6;1-5-4-6-2-3-7-5;1-5-3-2-4-5/h2,4-7H,3H2,1H3;2*2-3,5-6H,4H2,1H3;2*2-3H,4H2,1H3;2-6H,1H3;2-5H,1H3;2-4H,1H3;5H,2-4H2,1H3. The highest BCUT2D eigenvalue weighted by atomic mass is 16.7. The molecule has 392 valence electrons. The van der Waals surface area contributed by atoms with Gasteiger partial charge >= 0.3 is 0 Å². The van der Waals surface area contributed by atoms with Crippen molar-refractivity contribution in [1.82, 2.24) is 29.9 Å². The average molecular weight is 1020 g/mol. The van der Waals surface area contributed by atoms with Crippen molar-refractivity contribution >= 4 is 24.1 Å². The number of rotatable bonds is 0. The van der Waals surface area contributed by atoms with Gasteiger partial charge in [-0.3, -0.25) is 24.9 Å². The molecular weight excluding hydrogens is 943 g/mol. The fourth-order valence-electron chi connectivity index (χ4n) is 7.61. The molecule has 14 rings (SSSR count). The summed E-state index contributed by atoms with van der Waals surface area (Å²) in [6.45, 7) is 19.1. The predicted molar refractivity (Wildman–Crippen MR) is 309 cm³/mol. The zero-order valence-corrected chi connectivity index (χ0v) is 45.7. The van der Waals surface area contributed by atoms with Gasteiger partial charge in [-0.05, 0) is 148 Å². The van der Waals surface area contributed by atoms with Crippen molar-refractivity contribution in [1.29, 1.82) is 0 Å². The van der Waals surface area contributed by atoms with E-state index < -0.39 is 0 Å². The van der Waals surface area contributed by atoms with Crippen LogP contribution in [0, 0.1) is 61.3 Å². The van der Waals surface area contributed by atoms with Crippen molar-refractivity contribution in [3.8, 4) is 23.3 Å². The molecule has 0 spiro atoms. The molecule has 3 aliphatic carbocycles. The number of fused-ring (bicyclic) bond motifs is 5. The third-order valence-electron chi connectivity index (χ3n) is 12.1. The molecule has 3 aliphatic heterocycles. The molecule has 1 fully saturated rings. The Morgan fingerprint density at radius 1 is 0.474 bits per heavy atom. The second-order valence-corrected chi connectivity index (χ2v) is 19.1. The fourth-order valence-corrected chi connectivity index (χ4v) is 7.61. The smallest absolute Gasteiger partial charge is 0.260 e. The van der Waals surface area contributed by atoms with E-state index in [1.807, 2.05) is 88.8 Å². The first kappa shape index (κ1) is 57.0. The van der Waals surface area contributed by atoms with Crippen LogP contribution in [0.25, 0.3) is 12.2 Å². The van der Waals surface area contributed by atoms with Crippen LogP contribution in [0.15, 0.2) is 164 Å². The van der Waals surface area contributed by atoms with Gasteiger partial charge in [-0.25, -0.2) is 9.97 Å². The van der Waals surface area contributed by atoms with Crippen molar-refractivity contribution in [2.75, 3.05) is 13.6 Å². The molecule has 5 aromatic heterocycles. The number of aromatic nitrogens is 6. The number of aryl methyl sites for hydroxylation is 8. The number of aliphatic imine (C=N–C) groups is 1. The van der Waals surface area contributed by atoms with Gasteiger partial charge in [0.05, 0.1) is 17.1 Å². The van der Waals surface area contributed by atoms with Crippen LogP contribution < -0.4 is 18.9 Å². The number of benzene rings is 3. The zero-order valence-electron chi connectivity index (χ0n) is 45.7. The van der Waals surface area contributed by atoms with Gasteiger partial charge in [0.25, 0.3) is 11.8 Å². The van der Waals surface area contributed by atoms with Crippen LogP contribution in [0.2, 0.25) is 0 Å². The molecule has 1 saturated carbocycles. The maximum Gasteiger partial charge on any atom is 0.260 e. The van der Waals surface area contributed by atoms with Crippen LogP contribution in [0.1, 0.15) is 98.8 Å². The minimum absolute atomic E-state index is 0.297. The van der Waals surface area contributed by atoms with Gasteiger partial charge in [-0.1, -0.05) is 128 Å². The summed E-state index contributed by atoms with van der Waals surface area (Å²) in [7, 11) is 0. The Kier molecular flexibility index (Phi) is 23.1. The molecule has 8 heterocycles. The number of allylic oxidation sites excluding steroid dienone is 2. The number of ether oxygens (including phenoxy) is 4. The maximum absolute atomic E-state index is 5.14. The summed E-state index contributed by atoms with van der Waals surface area (Å²) in [5.41, 5.74) is 17.4. The average Bonchev–Trinajstić information content (AvgIpc) is 4.30. The first-order valence-electron chi connectivity index (χ1n) is 25.9. The first-order valence-corrected chi connectivity index (χ1v) is 25.9. The third-order valence-corrected chi connectivity index (χ3v) is 12.1.